The van der Waals surface area contributed by atoms with Gasteiger partial charge in [-0.05, 0) is 67.0 Å². The van der Waals surface area contributed by atoms with E-state index < -0.39 is 17.9 Å². The van der Waals surface area contributed by atoms with E-state index in [1.165, 1.54) is 4.90 Å². The Kier molecular flexibility index (Phi) is 8.88. The quantitative estimate of drug-likeness (QED) is 0.367. The Morgan fingerprint density at radius 1 is 1.11 bits per heavy atom. The van der Waals surface area contributed by atoms with Gasteiger partial charge in [-0.15, -0.1) is 0 Å². The van der Waals surface area contributed by atoms with E-state index in [2.05, 4.69) is 23.5 Å². The molecule has 1 atom stereocenters. The molecule has 0 aliphatic carbocycles. The van der Waals surface area contributed by atoms with Crippen LogP contribution in [0, 0.1) is 19.8 Å². The number of hydrogen-bond donors (Lipinski definition) is 3. The maximum absolute atomic E-state index is 14.1. The third kappa shape index (κ3) is 6.26. The van der Waals surface area contributed by atoms with Gasteiger partial charge < -0.3 is 21.5 Å². The van der Waals surface area contributed by atoms with Gasteiger partial charge in [-0.2, -0.15) is 4.37 Å². The number of aromatic nitrogens is 1. The lowest BCUT2D eigenvalue weighted by Crippen LogP contribution is -2.44. The summed E-state index contributed by atoms with van der Waals surface area (Å²) in [5.41, 5.74) is 14.1. The van der Waals surface area contributed by atoms with E-state index >= 15 is 0 Å². The van der Waals surface area contributed by atoms with Crippen molar-refractivity contribution in [2.45, 2.75) is 40.2 Å². The summed E-state index contributed by atoms with van der Waals surface area (Å²) < 4.78 is 9.28. The van der Waals surface area contributed by atoms with Crippen LogP contribution in [-0.4, -0.2) is 35.7 Å². The van der Waals surface area contributed by atoms with Crippen LogP contribution >= 0.6 is 11.5 Å². The van der Waals surface area contributed by atoms with Crippen LogP contribution in [0.1, 0.15) is 63.2 Å². The van der Waals surface area contributed by atoms with Gasteiger partial charge in [0.15, 0.2) is 5.69 Å². The lowest BCUT2D eigenvalue weighted by molar-refractivity contribution is -0.122. The fourth-order valence-electron chi connectivity index (χ4n) is 3.96. The number of benzene rings is 2. The highest BCUT2D eigenvalue weighted by atomic mass is 32.1. The number of anilines is 2. The molecule has 3 amide bonds. The van der Waals surface area contributed by atoms with Crippen molar-refractivity contribution in [1.29, 1.82) is 0 Å². The standard InChI is InChI=1S/C27H33N5O4S/c1-15(2)12-13-30-26(34)23(18-7-9-19(36-5)10-8-18)32(20-11-6-16(3)14-17(20)4)27(35)24-21(28)22(25(29)33)31-37-24/h6-11,14-15,23H,12-13,28H2,1-5H3,(H2,29,33)(H,30,34). The fourth-order valence-corrected chi connectivity index (χ4v) is 4.71. The fraction of sp³-hybridized carbons (Fsp3) is 0.333. The molecule has 3 rings (SSSR count). The van der Waals surface area contributed by atoms with E-state index in [0.717, 1.165) is 29.1 Å². The molecular formula is C27H33N5O4S. The third-order valence-electron chi connectivity index (χ3n) is 5.95. The molecule has 0 fully saturated rings. The maximum atomic E-state index is 14.1. The zero-order valence-electron chi connectivity index (χ0n) is 21.7. The number of methoxy groups -OCH3 is 1. The Bertz CT molecular complexity index is 1290. The second kappa shape index (κ2) is 11.9. The summed E-state index contributed by atoms with van der Waals surface area (Å²) in [6.07, 6.45) is 0.780. The topological polar surface area (TPSA) is 141 Å². The molecular weight excluding hydrogens is 490 g/mol. The molecule has 0 aliphatic rings. The molecule has 1 unspecified atom stereocenters. The molecule has 5 N–H and O–H groups in total. The van der Waals surface area contributed by atoms with Crippen LogP contribution in [0.4, 0.5) is 11.4 Å². The molecule has 0 aliphatic heterocycles. The van der Waals surface area contributed by atoms with Crippen molar-refractivity contribution in [2.75, 3.05) is 24.3 Å². The average molecular weight is 524 g/mol. The van der Waals surface area contributed by atoms with Crippen molar-refractivity contribution in [1.82, 2.24) is 9.69 Å². The van der Waals surface area contributed by atoms with Crippen LogP contribution < -0.4 is 26.4 Å². The number of rotatable bonds is 10. The van der Waals surface area contributed by atoms with Gasteiger partial charge in [0.25, 0.3) is 11.8 Å². The van der Waals surface area contributed by atoms with E-state index in [4.69, 9.17) is 16.2 Å². The number of hydrogen-bond acceptors (Lipinski definition) is 7. The minimum atomic E-state index is -1.04. The molecule has 0 spiro atoms. The van der Waals surface area contributed by atoms with Crippen molar-refractivity contribution in [2.24, 2.45) is 11.7 Å². The number of carbonyl (C=O) groups excluding carboxylic acids is 3. The monoisotopic (exact) mass is 523 g/mol. The normalized spacial score (nSPS) is 11.7. The molecule has 0 radical (unpaired) electrons. The van der Waals surface area contributed by atoms with Crippen molar-refractivity contribution in [3.05, 3.63) is 69.7 Å². The number of nitrogens with one attached hydrogen (secondary N) is 1. The highest BCUT2D eigenvalue weighted by molar-refractivity contribution is 7.09. The van der Waals surface area contributed by atoms with Gasteiger partial charge in [-0.1, -0.05) is 43.7 Å². The van der Waals surface area contributed by atoms with Crippen LogP contribution in [0.15, 0.2) is 42.5 Å². The Morgan fingerprint density at radius 2 is 1.78 bits per heavy atom. The molecule has 37 heavy (non-hydrogen) atoms. The molecule has 196 valence electrons. The summed E-state index contributed by atoms with van der Waals surface area (Å²) in [5.74, 6) is -0.735. The number of amides is 3. The SMILES string of the molecule is COc1ccc(C(C(=O)NCCC(C)C)N(C(=O)c2snc(C(N)=O)c2N)c2ccc(C)cc2C)cc1. The van der Waals surface area contributed by atoms with Crippen LogP contribution in [0.3, 0.4) is 0 Å². The van der Waals surface area contributed by atoms with E-state index in [9.17, 15) is 14.4 Å². The Balaban J connectivity index is 2.20. The van der Waals surface area contributed by atoms with Crippen LogP contribution in [0.2, 0.25) is 0 Å². The molecule has 1 heterocycles. The van der Waals surface area contributed by atoms with E-state index in [0.29, 0.717) is 29.5 Å². The first-order chi connectivity index (χ1) is 17.5. The number of nitrogens with zero attached hydrogens (tertiary/aromatic N) is 2. The highest BCUT2D eigenvalue weighted by Crippen LogP contribution is 2.35. The van der Waals surface area contributed by atoms with Crippen LogP contribution in [-0.2, 0) is 4.79 Å². The predicted molar refractivity (Wildman–Crippen MR) is 146 cm³/mol. The molecule has 0 saturated heterocycles. The van der Waals surface area contributed by atoms with Crippen LogP contribution in [0.25, 0.3) is 0 Å². The second-order valence-corrected chi connectivity index (χ2v) is 10.0. The molecule has 0 bridgehead atoms. The van der Waals surface area contributed by atoms with E-state index in [1.807, 2.05) is 26.0 Å². The highest BCUT2D eigenvalue weighted by Gasteiger charge is 2.36. The largest absolute Gasteiger partial charge is 0.497 e. The number of primary amides is 1. The average Bonchev–Trinajstić information content (AvgIpc) is 3.24. The van der Waals surface area contributed by atoms with Gasteiger partial charge in [0.1, 0.15) is 16.7 Å². The van der Waals surface area contributed by atoms with Gasteiger partial charge in [-0.3, -0.25) is 19.3 Å². The summed E-state index contributed by atoms with van der Waals surface area (Å²) in [6, 6.07) is 11.5. The summed E-state index contributed by atoms with van der Waals surface area (Å²) in [4.78, 5) is 41.1. The zero-order valence-corrected chi connectivity index (χ0v) is 22.5. The lowest BCUT2D eigenvalue weighted by Gasteiger charge is -2.32. The molecule has 2 aromatic carbocycles. The number of nitrogens with two attached hydrogens (primary N) is 2. The molecule has 3 aromatic rings. The van der Waals surface area contributed by atoms with Gasteiger partial charge in [0.2, 0.25) is 5.91 Å². The Morgan fingerprint density at radius 3 is 2.32 bits per heavy atom. The van der Waals surface area contributed by atoms with Crippen LogP contribution in [0.5, 0.6) is 5.75 Å². The van der Waals surface area contributed by atoms with Gasteiger partial charge in [0.05, 0.1) is 12.8 Å². The first kappa shape index (κ1) is 27.7. The summed E-state index contributed by atoms with van der Waals surface area (Å²) in [7, 11) is 1.56. The number of nitrogen functional groups attached to an aromatic ring is 1. The number of carbonyl (C=O) groups is 3. The van der Waals surface area contributed by atoms with E-state index in [1.54, 1.807) is 37.4 Å². The maximum Gasteiger partial charge on any atom is 0.273 e. The summed E-state index contributed by atoms with van der Waals surface area (Å²) in [6.45, 7) is 8.41. The Hall–Kier alpha value is -3.92. The van der Waals surface area contributed by atoms with Gasteiger partial charge in [-0.25, -0.2) is 0 Å². The van der Waals surface area contributed by atoms with Crippen molar-refractivity contribution in [3.8, 4) is 5.75 Å². The Labute approximate surface area is 221 Å². The lowest BCUT2D eigenvalue weighted by atomic mass is 10.00. The smallest absolute Gasteiger partial charge is 0.273 e. The van der Waals surface area contributed by atoms with Crippen molar-refractivity contribution in [3.63, 3.8) is 0 Å². The van der Waals surface area contributed by atoms with Gasteiger partial charge >= 0.3 is 0 Å². The number of aryl methyl sites for hydroxylation is 2. The molecule has 9 nitrogen and oxygen atoms in total. The summed E-state index contributed by atoms with van der Waals surface area (Å²) >= 11 is 0.778. The molecule has 0 saturated carbocycles. The molecule has 1 aromatic heterocycles. The minimum absolute atomic E-state index is 0.0299. The first-order valence-electron chi connectivity index (χ1n) is 11.9. The van der Waals surface area contributed by atoms with E-state index in [-0.39, 0.29) is 22.2 Å². The van der Waals surface area contributed by atoms with Gasteiger partial charge in [0, 0.05) is 12.2 Å². The minimum Gasteiger partial charge on any atom is -0.497 e. The molecule has 10 heteroatoms. The third-order valence-corrected chi connectivity index (χ3v) is 6.80. The first-order valence-corrected chi connectivity index (χ1v) is 12.7. The predicted octanol–water partition coefficient (Wildman–Crippen LogP) is 4.00. The second-order valence-electron chi connectivity index (χ2n) is 9.25. The zero-order chi connectivity index (χ0) is 27.3. The van der Waals surface area contributed by atoms with Crippen molar-refractivity contribution >= 4 is 40.6 Å². The summed E-state index contributed by atoms with van der Waals surface area (Å²) in [5, 5.41) is 2.98. The number of ether oxygens (including phenoxy) is 1. The van der Waals surface area contributed by atoms with Crippen molar-refractivity contribution < 1.29 is 19.1 Å².